The fraction of sp³-hybridized carbons (Fsp3) is 0.182. The van der Waals surface area contributed by atoms with E-state index in [1.807, 2.05) is 0 Å². The molecule has 0 saturated heterocycles. The maximum absolute atomic E-state index is 13.7. The van der Waals surface area contributed by atoms with Gasteiger partial charge in [-0.3, -0.25) is 4.68 Å². The zero-order valence-electron chi connectivity index (χ0n) is 8.74. The first-order chi connectivity index (χ1) is 7.61. The Hall–Kier alpha value is -1.20. The van der Waals surface area contributed by atoms with Gasteiger partial charge in [0, 0.05) is 35.4 Å². The second-order valence-corrected chi connectivity index (χ2v) is 4.42. The van der Waals surface area contributed by atoms with Gasteiger partial charge in [-0.1, -0.05) is 15.9 Å². The van der Waals surface area contributed by atoms with E-state index in [4.69, 9.17) is 5.73 Å². The lowest BCUT2D eigenvalue weighted by atomic mass is 10.1. The Bertz CT molecular complexity index is 522. The zero-order chi connectivity index (χ0) is 11.7. The first-order valence-corrected chi connectivity index (χ1v) is 5.59. The van der Waals surface area contributed by atoms with Crippen LogP contribution in [0.3, 0.4) is 0 Å². The number of aryl methyl sites for hydroxylation is 1. The lowest BCUT2D eigenvalue weighted by Crippen LogP contribution is -1.97. The van der Waals surface area contributed by atoms with Crippen LogP contribution in [0.2, 0.25) is 0 Å². The molecule has 16 heavy (non-hydrogen) atoms. The number of nitrogens with zero attached hydrogens (tertiary/aromatic N) is 2. The van der Waals surface area contributed by atoms with E-state index >= 15 is 0 Å². The van der Waals surface area contributed by atoms with Crippen molar-refractivity contribution in [1.82, 2.24) is 9.78 Å². The smallest absolute Gasteiger partial charge is 0.133 e. The molecule has 2 aromatic rings. The molecule has 0 fully saturated rings. The normalized spacial score (nSPS) is 10.8. The predicted octanol–water partition coefficient (Wildman–Crippen LogP) is 2.45. The Morgan fingerprint density at radius 1 is 1.50 bits per heavy atom. The molecule has 1 heterocycles. The average molecular weight is 284 g/mol. The number of rotatable bonds is 2. The van der Waals surface area contributed by atoms with E-state index in [1.165, 1.54) is 6.07 Å². The summed E-state index contributed by atoms with van der Waals surface area (Å²) < 4.78 is 16.1. The van der Waals surface area contributed by atoms with Gasteiger partial charge in [0.15, 0.2) is 0 Å². The molecule has 84 valence electrons. The largest absolute Gasteiger partial charge is 0.326 e. The third-order valence-corrected chi connectivity index (χ3v) is 2.80. The van der Waals surface area contributed by atoms with Crippen LogP contribution in [0.25, 0.3) is 11.3 Å². The Kier molecular flexibility index (Phi) is 3.07. The molecule has 0 aliphatic carbocycles. The van der Waals surface area contributed by atoms with Gasteiger partial charge in [-0.25, -0.2) is 4.39 Å². The molecule has 0 atom stereocenters. The van der Waals surface area contributed by atoms with Crippen molar-refractivity contribution in [2.45, 2.75) is 6.54 Å². The first-order valence-electron chi connectivity index (χ1n) is 4.80. The predicted molar refractivity (Wildman–Crippen MR) is 64.2 cm³/mol. The number of benzene rings is 1. The highest BCUT2D eigenvalue weighted by atomic mass is 79.9. The van der Waals surface area contributed by atoms with E-state index < -0.39 is 0 Å². The Morgan fingerprint density at radius 2 is 2.25 bits per heavy atom. The lowest BCUT2D eigenvalue weighted by Gasteiger charge is -2.02. The minimum absolute atomic E-state index is 0.303. The van der Waals surface area contributed by atoms with Crippen LogP contribution in [0.1, 0.15) is 5.56 Å². The molecule has 0 spiro atoms. The van der Waals surface area contributed by atoms with E-state index in [0.717, 1.165) is 5.56 Å². The molecule has 2 rings (SSSR count). The molecule has 0 aliphatic rings. The van der Waals surface area contributed by atoms with Gasteiger partial charge in [0.25, 0.3) is 0 Å². The van der Waals surface area contributed by atoms with Crippen LogP contribution >= 0.6 is 15.9 Å². The van der Waals surface area contributed by atoms with Gasteiger partial charge in [0.05, 0.1) is 5.69 Å². The maximum Gasteiger partial charge on any atom is 0.133 e. The molecule has 1 aromatic heterocycles. The summed E-state index contributed by atoms with van der Waals surface area (Å²) in [6.45, 7) is 0.346. The molecule has 0 amide bonds. The molecule has 0 saturated carbocycles. The summed E-state index contributed by atoms with van der Waals surface area (Å²) in [5.74, 6) is -0.303. The third kappa shape index (κ3) is 2.01. The monoisotopic (exact) mass is 283 g/mol. The molecule has 0 unspecified atom stereocenters. The van der Waals surface area contributed by atoms with Crippen molar-refractivity contribution in [3.8, 4) is 11.3 Å². The van der Waals surface area contributed by atoms with Gasteiger partial charge in [-0.05, 0) is 18.2 Å². The van der Waals surface area contributed by atoms with E-state index in [9.17, 15) is 4.39 Å². The van der Waals surface area contributed by atoms with E-state index in [1.54, 1.807) is 30.1 Å². The van der Waals surface area contributed by atoms with E-state index in [2.05, 4.69) is 21.0 Å². The minimum Gasteiger partial charge on any atom is -0.326 e. The second-order valence-electron chi connectivity index (χ2n) is 3.50. The third-order valence-electron chi connectivity index (χ3n) is 2.31. The van der Waals surface area contributed by atoms with Gasteiger partial charge in [0.2, 0.25) is 0 Å². The molecular weight excluding hydrogens is 273 g/mol. The zero-order valence-corrected chi connectivity index (χ0v) is 10.3. The van der Waals surface area contributed by atoms with Crippen LogP contribution in [0, 0.1) is 5.82 Å². The van der Waals surface area contributed by atoms with Crippen LogP contribution in [0.15, 0.2) is 28.9 Å². The Balaban J connectivity index is 2.57. The summed E-state index contributed by atoms with van der Waals surface area (Å²) in [6, 6.07) is 4.90. The first kappa shape index (κ1) is 11.3. The van der Waals surface area contributed by atoms with Crippen molar-refractivity contribution in [3.63, 3.8) is 0 Å². The van der Waals surface area contributed by atoms with E-state index in [-0.39, 0.29) is 5.82 Å². The quantitative estimate of drug-likeness (QED) is 0.920. The second kappa shape index (κ2) is 4.35. The Morgan fingerprint density at radius 3 is 2.88 bits per heavy atom. The van der Waals surface area contributed by atoms with Gasteiger partial charge in [-0.2, -0.15) is 5.10 Å². The summed E-state index contributed by atoms with van der Waals surface area (Å²) in [7, 11) is 1.79. The molecule has 0 aliphatic heterocycles. The summed E-state index contributed by atoms with van der Waals surface area (Å²) >= 11 is 3.22. The molecule has 0 bridgehead atoms. The fourth-order valence-corrected chi connectivity index (χ4v) is 1.93. The number of aromatic nitrogens is 2. The average Bonchev–Trinajstić information content (AvgIpc) is 2.59. The number of halogens is 2. The fourth-order valence-electron chi connectivity index (χ4n) is 1.60. The molecule has 5 heteroatoms. The number of hydrogen-bond acceptors (Lipinski definition) is 2. The molecule has 1 aromatic carbocycles. The highest BCUT2D eigenvalue weighted by Crippen LogP contribution is 2.26. The van der Waals surface area contributed by atoms with Crippen molar-refractivity contribution in [2.24, 2.45) is 12.8 Å². The Labute approximate surface area is 101 Å². The van der Waals surface area contributed by atoms with Gasteiger partial charge in [0.1, 0.15) is 5.82 Å². The maximum atomic E-state index is 13.7. The van der Waals surface area contributed by atoms with Crippen molar-refractivity contribution in [1.29, 1.82) is 0 Å². The summed E-state index contributed by atoms with van der Waals surface area (Å²) in [4.78, 5) is 0. The van der Waals surface area contributed by atoms with Crippen molar-refractivity contribution < 1.29 is 4.39 Å². The number of hydrogen-bond donors (Lipinski definition) is 1. The molecule has 3 nitrogen and oxygen atoms in total. The van der Waals surface area contributed by atoms with Crippen LogP contribution in [0.5, 0.6) is 0 Å². The minimum atomic E-state index is -0.303. The highest BCUT2D eigenvalue weighted by Gasteiger charge is 2.13. The van der Waals surface area contributed by atoms with Crippen molar-refractivity contribution in [2.75, 3.05) is 0 Å². The van der Waals surface area contributed by atoms with Crippen LogP contribution < -0.4 is 5.73 Å². The van der Waals surface area contributed by atoms with Crippen LogP contribution in [-0.4, -0.2) is 9.78 Å². The summed E-state index contributed by atoms with van der Waals surface area (Å²) in [6.07, 6.45) is 1.80. The number of nitrogens with two attached hydrogens (primary N) is 1. The standard InChI is InChI=1S/C11H11BrFN3/c1-16-6-7(5-14)11(15-16)9-3-2-8(12)4-10(9)13/h2-4,6H,5,14H2,1H3. The molecule has 0 radical (unpaired) electrons. The topological polar surface area (TPSA) is 43.8 Å². The SMILES string of the molecule is Cn1cc(CN)c(-c2ccc(Br)cc2F)n1. The van der Waals surface area contributed by atoms with Gasteiger partial charge >= 0.3 is 0 Å². The van der Waals surface area contributed by atoms with E-state index in [0.29, 0.717) is 22.3 Å². The van der Waals surface area contributed by atoms with Crippen LogP contribution in [0.4, 0.5) is 4.39 Å². The summed E-state index contributed by atoms with van der Waals surface area (Å²) in [5, 5.41) is 4.22. The summed E-state index contributed by atoms with van der Waals surface area (Å²) in [5.41, 5.74) is 7.52. The van der Waals surface area contributed by atoms with Gasteiger partial charge < -0.3 is 5.73 Å². The highest BCUT2D eigenvalue weighted by molar-refractivity contribution is 9.10. The van der Waals surface area contributed by atoms with Crippen LogP contribution in [-0.2, 0) is 13.6 Å². The molecular formula is C11H11BrFN3. The van der Waals surface area contributed by atoms with Crippen molar-refractivity contribution in [3.05, 3.63) is 40.2 Å². The molecule has 2 N–H and O–H groups in total. The van der Waals surface area contributed by atoms with Gasteiger partial charge in [-0.15, -0.1) is 0 Å². The van der Waals surface area contributed by atoms with Crippen molar-refractivity contribution >= 4 is 15.9 Å². The lowest BCUT2D eigenvalue weighted by molar-refractivity contribution is 0.629.